The van der Waals surface area contributed by atoms with Gasteiger partial charge in [0, 0.05) is 66.7 Å². The van der Waals surface area contributed by atoms with Crippen LogP contribution in [0.5, 0.6) is 0 Å². The maximum atomic E-state index is 8.75. The van der Waals surface area contributed by atoms with Crippen LogP contribution in [0.3, 0.4) is 0 Å². The zero-order chi connectivity index (χ0) is 25.4. The first-order valence-electron chi connectivity index (χ1n) is 12.9. The number of hydrogen-bond acceptors (Lipinski definition) is 2. The van der Waals surface area contributed by atoms with Crippen molar-refractivity contribution in [3.63, 3.8) is 0 Å². The number of rotatable bonds is 3. The highest BCUT2D eigenvalue weighted by Crippen LogP contribution is 2.31. The minimum Gasteiger partial charge on any atom is -0.344 e. The van der Waals surface area contributed by atoms with Crippen LogP contribution in [0.2, 0.25) is 0 Å². The fourth-order valence-electron chi connectivity index (χ4n) is 2.99. The zero-order valence-corrected chi connectivity index (χ0v) is 13.6. The van der Waals surface area contributed by atoms with E-state index < -0.39 is 26.3 Å². The number of fused-ring (bicyclic) bond motifs is 3. The summed E-state index contributed by atoms with van der Waals surface area (Å²) < 4.78 is 85.5. The Hall–Kier alpha value is -2.13. The van der Waals surface area contributed by atoms with Gasteiger partial charge in [0.25, 0.3) is 0 Å². The van der Waals surface area contributed by atoms with Crippen LogP contribution in [0.1, 0.15) is 41.8 Å². The van der Waals surface area contributed by atoms with E-state index in [0.29, 0.717) is 17.5 Å². The second kappa shape index (κ2) is 6.06. The highest BCUT2D eigenvalue weighted by atomic mass is 15.1. The Balaban J connectivity index is 2.05. The van der Waals surface area contributed by atoms with Crippen molar-refractivity contribution in [2.75, 3.05) is 13.5 Å². The zero-order valence-electron chi connectivity index (χ0n) is 23.6. The van der Waals surface area contributed by atoms with Crippen LogP contribution in [-0.4, -0.2) is 27.9 Å². The SMILES string of the molecule is [2H]c1c(C)ccc2c1c1c(n2CCc2ccc(C)nc2)C([2H])([2H])C([2H])([2H])N(C([2H])([2H])[2H])C1([2H])[2H]. The molecule has 3 heteroatoms. The highest BCUT2D eigenvalue weighted by molar-refractivity contribution is 5.86. The van der Waals surface area contributed by atoms with Gasteiger partial charge in [-0.2, -0.15) is 0 Å². The van der Waals surface area contributed by atoms with Gasteiger partial charge in [0.15, 0.2) is 0 Å². The van der Waals surface area contributed by atoms with Gasteiger partial charge in [0.05, 0.1) is 1.37 Å². The van der Waals surface area contributed by atoms with Gasteiger partial charge in [-0.15, -0.1) is 0 Å². The summed E-state index contributed by atoms with van der Waals surface area (Å²) in [6.45, 7) is -5.70. The molecule has 0 saturated heterocycles. The molecular formula is C21H25N3. The summed E-state index contributed by atoms with van der Waals surface area (Å²) in [5.74, 6) is 0. The average Bonchev–Trinajstić information content (AvgIpc) is 3.04. The van der Waals surface area contributed by atoms with Gasteiger partial charge in [-0.3, -0.25) is 4.98 Å². The molecule has 3 aromatic rings. The molecule has 124 valence electrons. The summed E-state index contributed by atoms with van der Waals surface area (Å²) in [5.41, 5.74) is 1.97. The fraction of sp³-hybridized carbons (Fsp3) is 0.381. The Morgan fingerprint density at radius 2 is 2.21 bits per heavy atom. The highest BCUT2D eigenvalue weighted by Gasteiger charge is 2.22. The second-order valence-electron chi connectivity index (χ2n) is 6.02. The molecule has 0 N–H and O–H groups in total. The molecule has 0 spiro atoms. The summed E-state index contributed by atoms with van der Waals surface area (Å²) >= 11 is 0. The van der Waals surface area contributed by atoms with Crippen LogP contribution >= 0.6 is 0 Å². The molecule has 1 aliphatic rings. The Labute approximate surface area is 158 Å². The molecule has 24 heavy (non-hydrogen) atoms. The molecular weight excluding hydrogens is 294 g/mol. The third kappa shape index (κ3) is 2.73. The molecule has 4 rings (SSSR count). The topological polar surface area (TPSA) is 21.1 Å². The van der Waals surface area contributed by atoms with Gasteiger partial charge >= 0.3 is 0 Å². The lowest BCUT2D eigenvalue weighted by molar-refractivity contribution is 0.309. The van der Waals surface area contributed by atoms with E-state index in [2.05, 4.69) is 4.98 Å². The molecule has 2 aromatic heterocycles. The quantitative estimate of drug-likeness (QED) is 0.727. The molecule has 3 heterocycles. The van der Waals surface area contributed by atoms with E-state index in [1.54, 1.807) is 25.3 Å². The summed E-state index contributed by atoms with van der Waals surface area (Å²) in [7, 11) is 0. The van der Waals surface area contributed by atoms with Crippen molar-refractivity contribution < 1.29 is 13.7 Å². The summed E-state index contributed by atoms with van der Waals surface area (Å²) in [4.78, 5) is 4.25. The molecule has 1 aliphatic heterocycles. The normalized spacial score (nSPS) is 27.9. The Morgan fingerprint density at radius 3 is 3.00 bits per heavy atom. The van der Waals surface area contributed by atoms with E-state index in [4.69, 9.17) is 13.7 Å². The summed E-state index contributed by atoms with van der Waals surface area (Å²) in [6.07, 6.45) is -0.805. The maximum Gasteiger partial charge on any atom is 0.0633 e. The standard InChI is InChI=1S/C21H25N3/c1-15-4-7-20-18(12-15)19-14-23(3)10-9-21(19)24(20)11-8-17-6-5-16(2)22-13-17/h4-7,12-13H,8-11,14H2,1-3H3/i3D3,9D2,10D2,12D,14D2. The van der Waals surface area contributed by atoms with Crippen molar-refractivity contribution in [2.45, 2.75) is 39.7 Å². The number of benzene rings is 1. The fourth-order valence-corrected chi connectivity index (χ4v) is 2.99. The number of nitrogens with zero attached hydrogens (tertiary/aromatic N) is 3. The third-order valence-corrected chi connectivity index (χ3v) is 4.22. The van der Waals surface area contributed by atoms with E-state index in [1.165, 1.54) is 4.57 Å². The van der Waals surface area contributed by atoms with Crippen molar-refractivity contribution in [1.82, 2.24) is 14.5 Å². The smallest absolute Gasteiger partial charge is 0.0633 e. The van der Waals surface area contributed by atoms with Crippen molar-refractivity contribution >= 4 is 10.9 Å². The molecule has 3 nitrogen and oxygen atoms in total. The molecule has 0 atom stereocenters. The second-order valence-corrected chi connectivity index (χ2v) is 6.02. The van der Waals surface area contributed by atoms with Crippen LogP contribution in [0.15, 0.2) is 36.5 Å². The maximum absolute atomic E-state index is 8.75. The largest absolute Gasteiger partial charge is 0.344 e. The first kappa shape index (κ1) is 7.83. The third-order valence-electron chi connectivity index (χ3n) is 4.22. The molecule has 0 saturated carbocycles. The van der Waals surface area contributed by atoms with E-state index in [9.17, 15) is 0 Å². The van der Waals surface area contributed by atoms with Gasteiger partial charge in [-0.1, -0.05) is 17.7 Å². The van der Waals surface area contributed by atoms with Gasteiger partial charge in [0.2, 0.25) is 0 Å². The lowest BCUT2D eigenvalue weighted by atomic mass is 10.0. The Kier molecular flexibility index (Phi) is 1.98. The minimum atomic E-state index is -3.27. The molecule has 0 amide bonds. The number of likely N-dealkylation sites (N-methyl/N-ethyl adjacent to an activating group) is 1. The number of aryl methyl sites for hydroxylation is 4. The Morgan fingerprint density at radius 1 is 1.29 bits per heavy atom. The van der Waals surface area contributed by atoms with Gasteiger partial charge in [-0.25, -0.2) is 0 Å². The molecule has 0 bridgehead atoms. The molecule has 0 radical (unpaired) electrons. The van der Waals surface area contributed by atoms with Crippen LogP contribution in [0.25, 0.3) is 10.9 Å². The number of hydrogen-bond donors (Lipinski definition) is 0. The van der Waals surface area contributed by atoms with Crippen molar-refractivity contribution in [1.29, 1.82) is 0 Å². The number of pyridine rings is 1. The first-order chi connectivity index (χ1) is 15.5. The van der Waals surface area contributed by atoms with Crippen molar-refractivity contribution in [3.8, 4) is 0 Å². The van der Waals surface area contributed by atoms with Crippen molar-refractivity contribution in [3.05, 3.63) is 64.6 Å². The van der Waals surface area contributed by atoms with E-state index in [1.807, 2.05) is 19.1 Å². The van der Waals surface area contributed by atoms with Gasteiger partial charge in [0.1, 0.15) is 0 Å². The van der Waals surface area contributed by atoms with Crippen molar-refractivity contribution in [2.24, 2.45) is 0 Å². The lowest BCUT2D eigenvalue weighted by Gasteiger charge is -2.24. The van der Waals surface area contributed by atoms with E-state index in [0.717, 1.165) is 11.3 Å². The van der Waals surface area contributed by atoms with E-state index in [-0.39, 0.29) is 34.1 Å². The molecule has 1 aromatic carbocycles. The monoisotopic (exact) mass is 329 g/mol. The summed E-state index contributed by atoms with van der Waals surface area (Å²) in [6, 6.07) is 6.99. The summed E-state index contributed by atoms with van der Waals surface area (Å²) in [5, 5.41) is 0.0932. The van der Waals surface area contributed by atoms with E-state index >= 15 is 0 Å². The molecule has 0 aliphatic carbocycles. The number of aromatic nitrogens is 2. The first-order valence-corrected chi connectivity index (χ1v) is 7.88. The molecule has 0 fully saturated rings. The van der Waals surface area contributed by atoms with Gasteiger partial charge in [-0.05, 0) is 56.5 Å². The lowest BCUT2D eigenvalue weighted by Crippen LogP contribution is -2.27. The van der Waals surface area contributed by atoms with Crippen LogP contribution in [-0.2, 0) is 25.8 Å². The Bertz CT molecular complexity index is 1260. The predicted molar refractivity (Wildman–Crippen MR) is 99.4 cm³/mol. The molecule has 0 unspecified atom stereocenters. The van der Waals surface area contributed by atoms with Crippen LogP contribution in [0.4, 0.5) is 0 Å². The van der Waals surface area contributed by atoms with Crippen LogP contribution in [0, 0.1) is 13.8 Å². The van der Waals surface area contributed by atoms with Gasteiger partial charge < -0.3 is 9.47 Å². The van der Waals surface area contributed by atoms with Crippen LogP contribution < -0.4 is 0 Å². The minimum absolute atomic E-state index is 0.00915. The predicted octanol–water partition coefficient (Wildman–Crippen LogP) is 3.88. The average molecular weight is 330 g/mol.